The van der Waals surface area contributed by atoms with Crippen molar-refractivity contribution in [3.05, 3.63) is 90.0 Å². The van der Waals surface area contributed by atoms with Gasteiger partial charge in [-0.1, -0.05) is 48.5 Å². The van der Waals surface area contributed by atoms with E-state index >= 15 is 0 Å². The summed E-state index contributed by atoms with van der Waals surface area (Å²) in [7, 11) is 0. The topological polar surface area (TPSA) is 66.7 Å². The maximum absolute atomic E-state index is 13.5. The van der Waals surface area contributed by atoms with Crippen LogP contribution >= 0.6 is 0 Å². The fraction of sp³-hybridized carbons (Fsp3) is 0.192. The van der Waals surface area contributed by atoms with E-state index in [1.54, 1.807) is 17.0 Å². The van der Waals surface area contributed by atoms with E-state index in [0.717, 1.165) is 27.7 Å². The highest BCUT2D eigenvalue weighted by molar-refractivity contribution is 6.09. The van der Waals surface area contributed by atoms with Gasteiger partial charge in [-0.05, 0) is 30.7 Å². The van der Waals surface area contributed by atoms with Gasteiger partial charge in [0.25, 0.3) is 11.8 Å². The van der Waals surface area contributed by atoms with Crippen molar-refractivity contribution in [2.24, 2.45) is 0 Å². The number of fused-ring (bicyclic) bond motifs is 1. The number of benzene rings is 2. The normalized spacial score (nSPS) is 14.0. The Kier molecular flexibility index (Phi) is 5.19. The molecule has 0 saturated carbocycles. The summed E-state index contributed by atoms with van der Waals surface area (Å²) in [6, 6.07) is 21.3. The van der Waals surface area contributed by atoms with Crippen LogP contribution in [0.2, 0.25) is 0 Å². The number of para-hydroxylation sites is 1. The Morgan fingerprint density at radius 3 is 2.25 bits per heavy atom. The first-order valence-electron chi connectivity index (χ1n) is 10.7. The Hall–Kier alpha value is -3.93. The Morgan fingerprint density at radius 1 is 0.844 bits per heavy atom. The number of hydrogen-bond acceptors (Lipinski definition) is 4. The van der Waals surface area contributed by atoms with Gasteiger partial charge in [-0.25, -0.2) is 0 Å². The Balaban J connectivity index is 1.43. The molecule has 0 radical (unpaired) electrons. The molecule has 0 bridgehead atoms. The zero-order valence-electron chi connectivity index (χ0n) is 17.8. The van der Waals surface area contributed by atoms with E-state index in [2.05, 4.69) is 12.1 Å². The van der Waals surface area contributed by atoms with Gasteiger partial charge in [-0.2, -0.15) is 0 Å². The van der Waals surface area contributed by atoms with Gasteiger partial charge in [-0.3, -0.25) is 14.6 Å². The highest BCUT2D eigenvalue weighted by Gasteiger charge is 2.27. The molecule has 6 heteroatoms. The van der Waals surface area contributed by atoms with E-state index in [4.69, 9.17) is 9.40 Å². The van der Waals surface area contributed by atoms with E-state index in [0.29, 0.717) is 37.5 Å². The molecular weight excluding hydrogens is 402 g/mol. The van der Waals surface area contributed by atoms with Crippen LogP contribution in [0.4, 0.5) is 0 Å². The molecule has 0 atom stereocenters. The van der Waals surface area contributed by atoms with Gasteiger partial charge < -0.3 is 14.2 Å². The third-order valence-electron chi connectivity index (χ3n) is 5.87. The number of pyridine rings is 1. The van der Waals surface area contributed by atoms with Crippen LogP contribution in [0.5, 0.6) is 0 Å². The molecule has 0 N–H and O–H groups in total. The first-order valence-corrected chi connectivity index (χ1v) is 10.7. The number of aryl methyl sites for hydroxylation is 1. The summed E-state index contributed by atoms with van der Waals surface area (Å²) in [4.78, 5) is 34.3. The molecule has 2 aromatic heterocycles. The lowest BCUT2D eigenvalue weighted by Gasteiger charge is -2.34. The number of piperazine rings is 1. The first kappa shape index (κ1) is 20.0. The van der Waals surface area contributed by atoms with Crippen LogP contribution in [0, 0.1) is 6.92 Å². The lowest BCUT2D eigenvalue weighted by Crippen LogP contribution is -2.50. The molecule has 0 aliphatic carbocycles. The minimum absolute atomic E-state index is 0.0317. The molecule has 1 fully saturated rings. The number of rotatable bonds is 3. The Morgan fingerprint density at radius 2 is 1.56 bits per heavy atom. The average Bonchev–Trinajstić information content (AvgIpc) is 3.38. The molecule has 1 saturated heterocycles. The minimum Gasteiger partial charge on any atom is -0.459 e. The second-order valence-electron chi connectivity index (χ2n) is 7.94. The van der Waals surface area contributed by atoms with Crippen LogP contribution < -0.4 is 0 Å². The van der Waals surface area contributed by atoms with Crippen molar-refractivity contribution in [3.8, 4) is 11.1 Å². The number of carbonyl (C=O) groups is 2. The molecule has 2 amide bonds. The zero-order valence-corrected chi connectivity index (χ0v) is 17.8. The highest BCUT2D eigenvalue weighted by Crippen LogP contribution is 2.30. The number of amides is 2. The molecular formula is C26H23N3O3. The van der Waals surface area contributed by atoms with Crippen molar-refractivity contribution in [3.63, 3.8) is 0 Å². The minimum atomic E-state index is -0.139. The van der Waals surface area contributed by atoms with Crippen molar-refractivity contribution >= 4 is 22.7 Å². The summed E-state index contributed by atoms with van der Waals surface area (Å²) in [6.07, 6.45) is 1.49. The van der Waals surface area contributed by atoms with E-state index in [1.807, 2.05) is 54.3 Å². The second kappa shape index (κ2) is 8.30. The monoisotopic (exact) mass is 425 g/mol. The van der Waals surface area contributed by atoms with E-state index in [-0.39, 0.29) is 11.8 Å². The molecule has 160 valence electrons. The van der Waals surface area contributed by atoms with Crippen LogP contribution in [0.3, 0.4) is 0 Å². The number of aromatic nitrogens is 1. The summed E-state index contributed by atoms with van der Waals surface area (Å²) in [6.45, 7) is 3.82. The van der Waals surface area contributed by atoms with Gasteiger partial charge in [0.05, 0.1) is 17.3 Å². The van der Waals surface area contributed by atoms with Gasteiger partial charge in [0.15, 0.2) is 5.76 Å². The summed E-state index contributed by atoms with van der Waals surface area (Å²) >= 11 is 0. The zero-order chi connectivity index (χ0) is 22.1. The third kappa shape index (κ3) is 3.64. The van der Waals surface area contributed by atoms with Gasteiger partial charge >= 0.3 is 0 Å². The highest BCUT2D eigenvalue weighted by atomic mass is 16.3. The molecule has 1 aliphatic heterocycles. The molecule has 0 unspecified atom stereocenters. The first-order chi connectivity index (χ1) is 15.6. The number of furan rings is 1. The average molecular weight is 425 g/mol. The number of nitrogens with zero attached hydrogens (tertiary/aromatic N) is 3. The van der Waals surface area contributed by atoms with Crippen LogP contribution in [0.15, 0.2) is 77.4 Å². The third-order valence-corrected chi connectivity index (χ3v) is 5.87. The van der Waals surface area contributed by atoms with Gasteiger partial charge in [0.1, 0.15) is 0 Å². The molecule has 4 aromatic rings. The molecule has 0 spiro atoms. The van der Waals surface area contributed by atoms with Crippen LogP contribution in [-0.4, -0.2) is 52.8 Å². The fourth-order valence-electron chi connectivity index (χ4n) is 4.24. The van der Waals surface area contributed by atoms with E-state index in [9.17, 15) is 9.59 Å². The molecule has 3 heterocycles. The van der Waals surface area contributed by atoms with Gasteiger partial charge in [0, 0.05) is 42.8 Å². The molecule has 1 aliphatic rings. The summed E-state index contributed by atoms with van der Waals surface area (Å²) < 4.78 is 5.22. The Bertz CT molecular complexity index is 1270. The van der Waals surface area contributed by atoms with Crippen LogP contribution in [0.1, 0.15) is 26.6 Å². The summed E-state index contributed by atoms with van der Waals surface area (Å²) in [5, 5.41) is 0.844. The smallest absolute Gasteiger partial charge is 0.289 e. The maximum Gasteiger partial charge on any atom is 0.289 e. The van der Waals surface area contributed by atoms with Crippen molar-refractivity contribution in [2.45, 2.75) is 6.92 Å². The SMILES string of the molecule is Cc1cc(C(=O)N2CCN(C(=O)c3ccco3)CC2)c2cccc(-c3ccccc3)c2n1. The molecule has 6 nitrogen and oxygen atoms in total. The predicted molar refractivity (Wildman–Crippen MR) is 122 cm³/mol. The fourth-order valence-corrected chi connectivity index (χ4v) is 4.24. The second-order valence-corrected chi connectivity index (χ2v) is 7.94. The van der Waals surface area contributed by atoms with E-state index < -0.39 is 0 Å². The molecule has 2 aromatic carbocycles. The lowest BCUT2D eigenvalue weighted by molar-refractivity contribution is 0.0519. The van der Waals surface area contributed by atoms with E-state index in [1.165, 1.54) is 6.26 Å². The van der Waals surface area contributed by atoms with Crippen molar-refractivity contribution < 1.29 is 14.0 Å². The van der Waals surface area contributed by atoms with Crippen molar-refractivity contribution in [1.82, 2.24) is 14.8 Å². The summed E-state index contributed by atoms with van der Waals surface area (Å²) in [5.41, 5.74) is 4.36. The predicted octanol–water partition coefficient (Wildman–Crippen LogP) is 4.40. The van der Waals surface area contributed by atoms with Crippen LogP contribution in [0.25, 0.3) is 22.0 Å². The van der Waals surface area contributed by atoms with Gasteiger partial charge in [0.2, 0.25) is 0 Å². The summed E-state index contributed by atoms with van der Waals surface area (Å²) in [5.74, 6) is 0.157. The standard InChI is InChI=1S/C26H23N3O3/c1-18-17-22(21-10-5-9-20(24(21)27-18)19-7-3-2-4-8-19)25(30)28-12-14-29(15-13-28)26(31)23-11-6-16-32-23/h2-11,16-17H,12-15H2,1H3. The van der Waals surface area contributed by atoms with Gasteiger partial charge in [-0.15, -0.1) is 0 Å². The Labute approximate surface area is 186 Å². The maximum atomic E-state index is 13.5. The number of hydrogen-bond donors (Lipinski definition) is 0. The van der Waals surface area contributed by atoms with Crippen LogP contribution in [-0.2, 0) is 0 Å². The largest absolute Gasteiger partial charge is 0.459 e. The van der Waals surface area contributed by atoms with Crippen molar-refractivity contribution in [2.75, 3.05) is 26.2 Å². The quantitative estimate of drug-likeness (QED) is 0.488. The lowest BCUT2D eigenvalue weighted by atomic mass is 9.98. The number of carbonyl (C=O) groups excluding carboxylic acids is 2. The molecule has 5 rings (SSSR count). The molecule has 32 heavy (non-hydrogen) atoms. The van der Waals surface area contributed by atoms with Crippen molar-refractivity contribution in [1.29, 1.82) is 0 Å².